The van der Waals surface area contributed by atoms with E-state index in [-0.39, 0.29) is 11.8 Å². The number of ether oxygens (including phenoxy) is 1. The standard InChI is InChI=1S/C19H19F3N2O3/c1-12(2)27-16-6-4-3-5-15(16)24-18(26)11-17(25)23-14-9-7-13(8-10-14)19(20,21)22/h3-10,12H,11H2,1-2H3,(H,23,25)(H,24,26). The second kappa shape index (κ2) is 8.57. The van der Waals surface area contributed by atoms with Crippen LogP contribution in [0.4, 0.5) is 24.5 Å². The molecule has 5 nitrogen and oxygen atoms in total. The van der Waals surface area contributed by atoms with Gasteiger partial charge in [-0.3, -0.25) is 9.59 Å². The van der Waals surface area contributed by atoms with Gasteiger partial charge in [-0.25, -0.2) is 0 Å². The third-order valence-electron chi connectivity index (χ3n) is 3.34. The number of carbonyl (C=O) groups excluding carboxylic acids is 2. The second-order valence-electron chi connectivity index (χ2n) is 6.01. The van der Waals surface area contributed by atoms with Crippen molar-refractivity contribution in [1.29, 1.82) is 0 Å². The Kier molecular flexibility index (Phi) is 6.44. The Morgan fingerprint density at radius 3 is 2.15 bits per heavy atom. The number of para-hydroxylation sites is 2. The van der Waals surface area contributed by atoms with Gasteiger partial charge in [-0.2, -0.15) is 13.2 Å². The number of rotatable bonds is 6. The van der Waals surface area contributed by atoms with Gasteiger partial charge in [0.2, 0.25) is 11.8 Å². The minimum atomic E-state index is -4.45. The van der Waals surface area contributed by atoms with Crippen LogP contribution < -0.4 is 15.4 Å². The van der Waals surface area contributed by atoms with Gasteiger partial charge >= 0.3 is 6.18 Å². The van der Waals surface area contributed by atoms with Crippen molar-refractivity contribution in [3.05, 3.63) is 54.1 Å². The third-order valence-corrected chi connectivity index (χ3v) is 3.34. The lowest BCUT2D eigenvalue weighted by atomic mass is 10.2. The number of halogens is 3. The second-order valence-corrected chi connectivity index (χ2v) is 6.01. The molecule has 0 atom stereocenters. The monoisotopic (exact) mass is 380 g/mol. The average Bonchev–Trinajstić information content (AvgIpc) is 2.55. The number of hydrogen-bond donors (Lipinski definition) is 2. The Hall–Kier alpha value is -3.03. The van der Waals surface area contributed by atoms with Crippen LogP contribution in [-0.2, 0) is 15.8 Å². The molecule has 2 N–H and O–H groups in total. The summed E-state index contributed by atoms with van der Waals surface area (Å²) in [6, 6.07) is 10.8. The molecule has 2 amide bonds. The molecule has 0 aromatic heterocycles. The van der Waals surface area contributed by atoms with Gasteiger partial charge < -0.3 is 15.4 Å². The highest BCUT2D eigenvalue weighted by Gasteiger charge is 2.30. The Morgan fingerprint density at radius 2 is 1.56 bits per heavy atom. The van der Waals surface area contributed by atoms with Gasteiger partial charge in [0.15, 0.2) is 0 Å². The van der Waals surface area contributed by atoms with E-state index in [0.717, 1.165) is 24.3 Å². The maximum Gasteiger partial charge on any atom is 0.416 e. The van der Waals surface area contributed by atoms with Crippen LogP contribution in [0.5, 0.6) is 5.75 Å². The normalized spacial score (nSPS) is 11.2. The summed E-state index contributed by atoms with van der Waals surface area (Å²) in [5.74, 6) is -0.738. The Balaban J connectivity index is 1.94. The lowest BCUT2D eigenvalue weighted by Crippen LogP contribution is -2.22. The minimum absolute atomic E-state index is 0.0916. The summed E-state index contributed by atoms with van der Waals surface area (Å²) < 4.78 is 43.1. The smallest absolute Gasteiger partial charge is 0.416 e. The van der Waals surface area contributed by atoms with Crippen molar-refractivity contribution in [2.75, 3.05) is 10.6 Å². The van der Waals surface area contributed by atoms with Gasteiger partial charge in [0.25, 0.3) is 0 Å². The van der Waals surface area contributed by atoms with E-state index < -0.39 is 30.0 Å². The van der Waals surface area contributed by atoms with Gasteiger partial charge in [-0.1, -0.05) is 12.1 Å². The van der Waals surface area contributed by atoms with E-state index in [9.17, 15) is 22.8 Å². The SMILES string of the molecule is CC(C)Oc1ccccc1NC(=O)CC(=O)Nc1ccc(C(F)(F)F)cc1. The van der Waals surface area contributed by atoms with Crippen molar-refractivity contribution in [3.63, 3.8) is 0 Å². The molecule has 27 heavy (non-hydrogen) atoms. The van der Waals surface area contributed by atoms with E-state index in [4.69, 9.17) is 4.74 Å². The third kappa shape index (κ3) is 6.32. The Bertz CT molecular complexity index is 803. The van der Waals surface area contributed by atoms with Crippen molar-refractivity contribution >= 4 is 23.2 Å². The molecule has 0 spiro atoms. The molecule has 2 aromatic carbocycles. The minimum Gasteiger partial charge on any atom is -0.489 e. The Morgan fingerprint density at radius 1 is 0.963 bits per heavy atom. The molecule has 0 heterocycles. The largest absolute Gasteiger partial charge is 0.489 e. The lowest BCUT2D eigenvalue weighted by molar-refractivity contribution is -0.137. The van der Waals surface area contributed by atoms with E-state index in [1.807, 2.05) is 13.8 Å². The number of amides is 2. The average molecular weight is 380 g/mol. The van der Waals surface area contributed by atoms with Crippen molar-refractivity contribution in [3.8, 4) is 5.75 Å². The number of alkyl halides is 3. The van der Waals surface area contributed by atoms with Gasteiger partial charge in [-0.15, -0.1) is 0 Å². The van der Waals surface area contributed by atoms with Crippen LogP contribution in [0.25, 0.3) is 0 Å². The zero-order chi connectivity index (χ0) is 20.0. The van der Waals surface area contributed by atoms with Crippen LogP contribution >= 0.6 is 0 Å². The maximum absolute atomic E-state index is 12.5. The molecule has 0 bridgehead atoms. The maximum atomic E-state index is 12.5. The summed E-state index contributed by atoms with van der Waals surface area (Å²) in [6.07, 6.45) is -5.03. The summed E-state index contributed by atoms with van der Waals surface area (Å²) >= 11 is 0. The fourth-order valence-corrected chi connectivity index (χ4v) is 2.21. The van der Waals surface area contributed by atoms with Crippen LogP contribution in [-0.4, -0.2) is 17.9 Å². The summed E-state index contributed by atoms with van der Waals surface area (Å²) in [5, 5.41) is 4.97. The van der Waals surface area contributed by atoms with Crippen LogP contribution in [0.2, 0.25) is 0 Å². The molecule has 2 aromatic rings. The number of hydrogen-bond acceptors (Lipinski definition) is 3. The molecule has 2 rings (SSSR count). The van der Waals surface area contributed by atoms with Gasteiger partial charge in [-0.05, 0) is 50.2 Å². The van der Waals surface area contributed by atoms with Crippen molar-refractivity contribution in [2.24, 2.45) is 0 Å². The van der Waals surface area contributed by atoms with Crippen molar-refractivity contribution in [1.82, 2.24) is 0 Å². The van der Waals surface area contributed by atoms with Crippen LogP contribution in [0.15, 0.2) is 48.5 Å². The van der Waals surface area contributed by atoms with E-state index >= 15 is 0 Å². The summed E-state index contributed by atoms with van der Waals surface area (Å²) in [6.45, 7) is 3.69. The molecule has 0 aliphatic rings. The van der Waals surface area contributed by atoms with Crippen molar-refractivity contribution < 1.29 is 27.5 Å². The number of benzene rings is 2. The van der Waals surface area contributed by atoms with E-state index in [0.29, 0.717) is 11.4 Å². The van der Waals surface area contributed by atoms with Crippen LogP contribution in [0, 0.1) is 0 Å². The molecule has 0 saturated carbocycles. The highest BCUT2D eigenvalue weighted by molar-refractivity contribution is 6.08. The van der Waals surface area contributed by atoms with Gasteiger partial charge in [0.1, 0.15) is 12.2 Å². The molecular weight excluding hydrogens is 361 g/mol. The zero-order valence-corrected chi connectivity index (χ0v) is 14.8. The summed E-state index contributed by atoms with van der Waals surface area (Å²) in [4.78, 5) is 24.0. The molecule has 0 saturated heterocycles. The van der Waals surface area contributed by atoms with Crippen molar-refractivity contribution in [2.45, 2.75) is 32.5 Å². The quantitative estimate of drug-likeness (QED) is 0.727. The number of anilines is 2. The highest BCUT2D eigenvalue weighted by Crippen LogP contribution is 2.30. The van der Waals surface area contributed by atoms with Gasteiger partial charge in [0, 0.05) is 5.69 Å². The molecule has 144 valence electrons. The summed E-state index contributed by atoms with van der Waals surface area (Å²) in [7, 11) is 0. The lowest BCUT2D eigenvalue weighted by Gasteiger charge is -2.14. The first-order valence-corrected chi connectivity index (χ1v) is 8.18. The molecular formula is C19H19F3N2O3. The molecule has 8 heteroatoms. The molecule has 0 aliphatic heterocycles. The van der Waals surface area contributed by atoms with Gasteiger partial charge in [0.05, 0.1) is 17.4 Å². The Labute approximate surface area is 154 Å². The molecule has 0 fully saturated rings. The predicted octanol–water partition coefficient (Wildman–Crippen LogP) is 4.46. The zero-order valence-electron chi connectivity index (χ0n) is 14.8. The fourth-order valence-electron chi connectivity index (χ4n) is 2.21. The highest BCUT2D eigenvalue weighted by atomic mass is 19.4. The van der Waals surface area contributed by atoms with E-state index in [2.05, 4.69) is 10.6 Å². The number of nitrogens with one attached hydrogen (secondary N) is 2. The summed E-state index contributed by atoms with van der Waals surface area (Å²) in [5.41, 5.74) is -0.220. The topological polar surface area (TPSA) is 67.4 Å². The fraction of sp³-hybridized carbons (Fsp3) is 0.263. The first-order valence-electron chi connectivity index (χ1n) is 8.18. The molecule has 0 aliphatic carbocycles. The van der Waals surface area contributed by atoms with E-state index in [1.54, 1.807) is 24.3 Å². The number of carbonyl (C=O) groups is 2. The van der Waals surface area contributed by atoms with Crippen LogP contribution in [0.1, 0.15) is 25.8 Å². The first-order chi connectivity index (χ1) is 12.6. The molecule has 0 unspecified atom stereocenters. The molecule has 0 radical (unpaired) electrons. The predicted molar refractivity (Wildman–Crippen MR) is 95.5 cm³/mol. The van der Waals surface area contributed by atoms with Crippen LogP contribution in [0.3, 0.4) is 0 Å². The van der Waals surface area contributed by atoms with E-state index in [1.165, 1.54) is 0 Å². The first kappa shape index (κ1) is 20.3.